The summed E-state index contributed by atoms with van der Waals surface area (Å²) in [6.45, 7) is 4.52. The average molecular weight is 315 g/mol. The number of hydrazine groups is 1. The Kier molecular flexibility index (Phi) is 4.77. The van der Waals surface area contributed by atoms with Gasteiger partial charge >= 0.3 is 6.18 Å². The topological polar surface area (TPSA) is 53.2 Å². The molecular formula is C15H20F3N3O. The summed E-state index contributed by atoms with van der Waals surface area (Å²) < 4.78 is 38.4. The molecule has 1 aliphatic heterocycles. The van der Waals surface area contributed by atoms with Crippen LogP contribution in [0, 0.1) is 0 Å². The van der Waals surface area contributed by atoms with E-state index in [1.165, 1.54) is 6.07 Å². The molecule has 1 saturated heterocycles. The van der Waals surface area contributed by atoms with Gasteiger partial charge in [0.2, 0.25) is 5.91 Å². The van der Waals surface area contributed by atoms with Crippen molar-refractivity contribution in [3.8, 4) is 0 Å². The molecule has 0 aromatic heterocycles. The maximum atomic E-state index is 12.8. The Balaban J connectivity index is 2.09. The quantitative estimate of drug-likeness (QED) is 0.796. The summed E-state index contributed by atoms with van der Waals surface area (Å²) in [4.78, 5) is 12.3. The average Bonchev–Trinajstić information content (AvgIpc) is 2.97. The standard InChI is InChI=1S/C15H20F3N3O/c1-14(2,13(22)19-9-12-6-7-20-21-12)10-4-3-5-11(8-10)15(16,17)18/h3-5,8,12,20-21H,6-7,9H2,1-2H3,(H,19,22). The molecule has 1 aromatic carbocycles. The van der Waals surface area contributed by atoms with Gasteiger partial charge < -0.3 is 5.32 Å². The van der Waals surface area contributed by atoms with Crippen molar-refractivity contribution in [3.05, 3.63) is 35.4 Å². The first-order valence-electron chi connectivity index (χ1n) is 7.15. The van der Waals surface area contributed by atoms with Crippen LogP contribution < -0.4 is 16.2 Å². The molecule has 1 aliphatic rings. The maximum absolute atomic E-state index is 12.8. The molecule has 0 saturated carbocycles. The smallest absolute Gasteiger partial charge is 0.354 e. The van der Waals surface area contributed by atoms with E-state index in [0.717, 1.165) is 25.1 Å². The second-order valence-electron chi connectivity index (χ2n) is 5.97. The lowest BCUT2D eigenvalue weighted by molar-refractivity contribution is -0.137. The first kappa shape index (κ1) is 16.8. The van der Waals surface area contributed by atoms with Crippen molar-refractivity contribution < 1.29 is 18.0 Å². The number of hydrogen-bond acceptors (Lipinski definition) is 3. The molecule has 1 fully saturated rings. The van der Waals surface area contributed by atoms with Crippen molar-refractivity contribution in [2.75, 3.05) is 13.1 Å². The lowest BCUT2D eigenvalue weighted by Crippen LogP contribution is -2.46. The minimum atomic E-state index is -4.41. The Morgan fingerprint density at radius 2 is 2.00 bits per heavy atom. The Labute approximate surface area is 127 Å². The third-order valence-electron chi connectivity index (χ3n) is 3.91. The fourth-order valence-electron chi connectivity index (χ4n) is 2.34. The van der Waals surface area contributed by atoms with Crippen molar-refractivity contribution in [1.29, 1.82) is 0 Å². The number of amides is 1. The molecule has 1 aromatic rings. The van der Waals surface area contributed by atoms with E-state index < -0.39 is 17.2 Å². The van der Waals surface area contributed by atoms with Gasteiger partial charge in [-0.25, -0.2) is 0 Å². The van der Waals surface area contributed by atoms with Gasteiger partial charge in [0.1, 0.15) is 0 Å². The number of rotatable bonds is 4. The Hall–Kier alpha value is -1.60. The molecular weight excluding hydrogens is 295 g/mol. The molecule has 1 atom stereocenters. The van der Waals surface area contributed by atoms with Crippen molar-refractivity contribution in [2.24, 2.45) is 0 Å². The summed E-state index contributed by atoms with van der Waals surface area (Å²) >= 11 is 0. The van der Waals surface area contributed by atoms with Crippen LogP contribution in [0.5, 0.6) is 0 Å². The highest BCUT2D eigenvalue weighted by Gasteiger charge is 2.35. The van der Waals surface area contributed by atoms with Crippen LogP contribution in [0.2, 0.25) is 0 Å². The van der Waals surface area contributed by atoms with Crippen molar-refractivity contribution in [2.45, 2.75) is 37.9 Å². The number of nitrogens with one attached hydrogen (secondary N) is 3. The van der Waals surface area contributed by atoms with E-state index in [4.69, 9.17) is 0 Å². The maximum Gasteiger partial charge on any atom is 0.416 e. The predicted octanol–water partition coefficient (Wildman–Crippen LogP) is 1.97. The highest BCUT2D eigenvalue weighted by atomic mass is 19.4. The molecule has 22 heavy (non-hydrogen) atoms. The van der Waals surface area contributed by atoms with Gasteiger partial charge in [-0.1, -0.05) is 18.2 Å². The van der Waals surface area contributed by atoms with E-state index in [9.17, 15) is 18.0 Å². The van der Waals surface area contributed by atoms with Crippen molar-refractivity contribution in [1.82, 2.24) is 16.2 Å². The minimum Gasteiger partial charge on any atom is -0.354 e. The summed E-state index contributed by atoms with van der Waals surface area (Å²) in [6, 6.07) is 5.06. The van der Waals surface area contributed by atoms with Gasteiger partial charge in [0.25, 0.3) is 0 Å². The fourth-order valence-corrected chi connectivity index (χ4v) is 2.34. The van der Waals surface area contributed by atoms with E-state index in [-0.39, 0.29) is 11.9 Å². The van der Waals surface area contributed by atoms with Crippen LogP contribution in [0.3, 0.4) is 0 Å². The van der Waals surface area contributed by atoms with Gasteiger partial charge in [-0.3, -0.25) is 15.6 Å². The van der Waals surface area contributed by atoms with Crippen LogP contribution in [0.15, 0.2) is 24.3 Å². The van der Waals surface area contributed by atoms with E-state index in [2.05, 4.69) is 16.2 Å². The van der Waals surface area contributed by atoms with Gasteiger partial charge in [0.15, 0.2) is 0 Å². The monoisotopic (exact) mass is 315 g/mol. The summed E-state index contributed by atoms with van der Waals surface area (Å²) in [5, 5.41) is 2.80. The SMILES string of the molecule is CC(C)(C(=O)NCC1CCNN1)c1cccc(C(F)(F)F)c1. The zero-order valence-electron chi connectivity index (χ0n) is 12.6. The molecule has 3 N–H and O–H groups in total. The van der Waals surface area contributed by atoms with Gasteiger partial charge in [-0.15, -0.1) is 0 Å². The van der Waals surface area contributed by atoms with Crippen LogP contribution in [-0.4, -0.2) is 25.0 Å². The summed E-state index contributed by atoms with van der Waals surface area (Å²) in [6.07, 6.45) is -3.52. The summed E-state index contributed by atoms with van der Waals surface area (Å²) in [5.41, 5.74) is 4.55. The normalized spacial score (nSPS) is 19.2. The third kappa shape index (κ3) is 3.78. The van der Waals surface area contributed by atoms with Crippen molar-refractivity contribution in [3.63, 3.8) is 0 Å². The van der Waals surface area contributed by atoms with E-state index in [1.807, 2.05) is 0 Å². The lowest BCUT2D eigenvalue weighted by atomic mass is 9.83. The summed E-state index contributed by atoms with van der Waals surface area (Å²) in [7, 11) is 0. The van der Waals surface area contributed by atoms with Crippen LogP contribution in [0.25, 0.3) is 0 Å². The predicted molar refractivity (Wildman–Crippen MR) is 77.0 cm³/mol. The number of hydrogen-bond donors (Lipinski definition) is 3. The lowest BCUT2D eigenvalue weighted by Gasteiger charge is -2.26. The van der Waals surface area contributed by atoms with Gasteiger partial charge in [0.05, 0.1) is 11.0 Å². The van der Waals surface area contributed by atoms with Gasteiger partial charge in [-0.2, -0.15) is 13.2 Å². The van der Waals surface area contributed by atoms with Crippen LogP contribution in [0.1, 0.15) is 31.4 Å². The zero-order valence-corrected chi connectivity index (χ0v) is 12.6. The van der Waals surface area contributed by atoms with Crippen molar-refractivity contribution >= 4 is 5.91 Å². The van der Waals surface area contributed by atoms with E-state index in [1.54, 1.807) is 19.9 Å². The Bertz CT molecular complexity index is 537. The molecule has 0 radical (unpaired) electrons. The zero-order chi connectivity index (χ0) is 16.4. The van der Waals surface area contributed by atoms with Crippen LogP contribution in [0.4, 0.5) is 13.2 Å². The second kappa shape index (κ2) is 6.26. The largest absolute Gasteiger partial charge is 0.416 e. The highest BCUT2D eigenvalue weighted by molar-refractivity contribution is 5.87. The summed E-state index contributed by atoms with van der Waals surface area (Å²) in [5.74, 6) is -0.291. The molecule has 1 amide bonds. The molecule has 4 nitrogen and oxygen atoms in total. The molecule has 7 heteroatoms. The second-order valence-corrected chi connectivity index (χ2v) is 5.97. The van der Waals surface area contributed by atoms with E-state index >= 15 is 0 Å². The van der Waals surface area contributed by atoms with E-state index in [0.29, 0.717) is 12.1 Å². The van der Waals surface area contributed by atoms with Gasteiger partial charge in [-0.05, 0) is 31.9 Å². The molecule has 0 bridgehead atoms. The first-order valence-corrected chi connectivity index (χ1v) is 7.15. The number of halogens is 3. The minimum absolute atomic E-state index is 0.140. The highest BCUT2D eigenvalue weighted by Crippen LogP contribution is 2.32. The van der Waals surface area contributed by atoms with Crippen LogP contribution in [-0.2, 0) is 16.4 Å². The number of carbonyl (C=O) groups excluding carboxylic acids is 1. The first-order chi connectivity index (χ1) is 10.2. The van der Waals surface area contributed by atoms with Crippen LogP contribution >= 0.6 is 0 Å². The molecule has 122 valence electrons. The number of carbonyl (C=O) groups is 1. The third-order valence-corrected chi connectivity index (χ3v) is 3.91. The molecule has 2 rings (SSSR count). The Morgan fingerprint density at radius 1 is 1.32 bits per heavy atom. The molecule has 0 aliphatic carbocycles. The number of alkyl halides is 3. The number of benzene rings is 1. The molecule has 1 heterocycles. The molecule has 0 spiro atoms. The fraction of sp³-hybridized carbons (Fsp3) is 0.533. The van der Waals surface area contributed by atoms with Gasteiger partial charge in [0, 0.05) is 19.1 Å². The molecule has 1 unspecified atom stereocenters. The Morgan fingerprint density at radius 3 is 2.59 bits per heavy atom.